The standard InChI is InChI=1S/C35H21ClN2O2/c1-20-32(37-35(36)38-33(20)27-12-6-11-25-24-8-2-4-13-28(24)40-34(25)27)22-18-16-21(17-19-22)23-10-7-15-30-31(23)26-9-3-5-14-29(26)39-30/h2-19,32H,1H2. The maximum Gasteiger partial charge on any atom is 0.219 e. The number of halogens is 1. The first-order valence-electron chi connectivity index (χ1n) is 13.1. The van der Waals surface area contributed by atoms with Crippen LogP contribution in [-0.2, 0) is 0 Å². The molecule has 5 heteroatoms. The van der Waals surface area contributed by atoms with E-state index in [1.54, 1.807) is 0 Å². The molecule has 0 saturated heterocycles. The number of amidine groups is 1. The van der Waals surface area contributed by atoms with Gasteiger partial charge in [0.15, 0.2) is 0 Å². The number of rotatable bonds is 3. The zero-order chi connectivity index (χ0) is 26.8. The van der Waals surface area contributed by atoms with Gasteiger partial charge in [0.25, 0.3) is 0 Å². The molecule has 1 aliphatic heterocycles. The van der Waals surface area contributed by atoms with Gasteiger partial charge >= 0.3 is 0 Å². The normalized spacial score (nSPS) is 15.7. The molecule has 0 N–H and O–H groups in total. The summed E-state index contributed by atoms with van der Waals surface area (Å²) in [6.07, 6.45) is 0. The average Bonchev–Trinajstić information content (AvgIpc) is 3.57. The monoisotopic (exact) mass is 536 g/mol. The van der Waals surface area contributed by atoms with E-state index in [2.05, 4.69) is 65.1 Å². The number of nitrogens with zero attached hydrogens (tertiary/aromatic N) is 2. The van der Waals surface area contributed by atoms with Gasteiger partial charge < -0.3 is 8.83 Å². The fourth-order valence-electron chi connectivity index (χ4n) is 5.81. The Morgan fingerprint density at radius 2 is 1.27 bits per heavy atom. The highest BCUT2D eigenvalue weighted by Gasteiger charge is 2.27. The number of benzene rings is 5. The number of furan rings is 2. The molecule has 0 bridgehead atoms. The molecule has 1 atom stereocenters. The maximum atomic E-state index is 6.52. The van der Waals surface area contributed by atoms with Crippen LogP contribution < -0.4 is 0 Å². The predicted molar refractivity (Wildman–Crippen MR) is 165 cm³/mol. The van der Waals surface area contributed by atoms with Gasteiger partial charge in [0, 0.05) is 32.7 Å². The zero-order valence-corrected chi connectivity index (χ0v) is 22.0. The van der Waals surface area contributed by atoms with Crippen molar-refractivity contribution >= 4 is 66.5 Å². The van der Waals surface area contributed by atoms with Crippen LogP contribution >= 0.6 is 11.6 Å². The quantitative estimate of drug-likeness (QED) is 0.211. The summed E-state index contributed by atoms with van der Waals surface area (Å²) in [5, 5.41) is 4.51. The highest BCUT2D eigenvalue weighted by atomic mass is 35.5. The Morgan fingerprint density at radius 3 is 2.10 bits per heavy atom. The highest BCUT2D eigenvalue weighted by Crippen LogP contribution is 2.39. The van der Waals surface area contributed by atoms with Crippen LogP contribution in [0.5, 0.6) is 0 Å². The van der Waals surface area contributed by atoms with Crippen molar-refractivity contribution in [3.05, 3.63) is 132 Å². The lowest BCUT2D eigenvalue weighted by atomic mass is 9.90. The number of hydrogen-bond donors (Lipinski definition) is 0. The molecule has 2 aromatic heterocycles. The summed E-state index contributed by atoms with van der Waals surface area (Å²) in [6.45, 7) is 4.42. The van der Waals surface area contributed by atoms with E-state index in [1.807, 2.05) is 60.7 Å². The van der Waals surface area contributed by atoms with E-state index in [9.17, 15) is 0 Å². The van der Waals surface area contributed by atoms with Crippen molar-refractivity contribution in [3.63, 3.8) is 0 Å². The van der Waals surface area contributed by atoms with Crippen LogP contribution in [0.4, 0.5) is 0 Å². The number of hydrogen-bond acceptors (Lipinski definition) is 4. The average molecular weight is 537 g/mol. The second-order valence-electron chi connectivity index (χ2n) is 9.97. The molecule has 1 aliphatic rings. The molecule has 8 rings (SSSR count). The van der Waals surface area contributed by atoms with Crippen molar-refractivity contribution in [2.24, 2.45) is 9.98 Å². The lowest BCUT2D eigenvalue weighted by Crippen LogP contribution is -2.17. The van der Waals surface area contributed by atoms with E-state index in [-0.39, 0.29) is 11.3 Å². The van der Waals surface area contributed by atoms with Crippen LogP contribution in [0.2, 0.25) is 0 Å². The van der Waals surface area contributed by atoms with Gasteiger partial charge in [0.2, 0.25) is 5.29 Å². The topological polar surface area (TPSA) is 51.0 Å². The van der Waals surface area contributed by atoms with E-state index in [0.717, 1.165) is 71.7 Å². The van der Waals surface area contributed by atoms with Crippen molar-refractivity contribution in [1.82, 2.24) is 0 Å². The molecule has 0 amide bonds. The SMILES string of the molecule is C=C1C(c2cccc3c2oc2ccccc23)=NC(Cl)=NC1c1ccc(-c2cccc3oc4ccccc4c23)cc1. The zero-order valence-electron chi connectivity index (χ0n) is 21.3. The predicted octanol–water partition coefficient (Wildman–Crippen LogP) is 9.85. The van der Waals surface area contributed by atoms with Gasteiger partial charge in [0.05, 0.1) is 5.71 Å². The van der Waals surface area contributed by atoms with Gasteiger partial charge in [-0.15, -0.1) is 0 Å². The maximum absolute atomic E-state index is 6.52. The summed E-state index contributed by atoms with van der Waals surface area (Å²) in [7, 11) is 0. The first-order valence-corrected chi connectivity index (χ1v) is 13.5. The highest BCUT2D eigenvalue weighted by molar-refractivity contribution is 6.66. The van der Waals surface area contributed by atoms with Crippen molar-refractivity contribution < 1.29 is 8.83 Å². The van der Waals surface area contributed by atoms with Crippen LogP contribution in [-0.4, -0.2) is 11.0 Å². The lowest BCUT2D eigenvalue weighted by molar-refractivity contribution is 0.668. The molecule has 40 heavy (non-hydrogen) atoms. The smallest absolute Gasteiger partial charge is 0.219 e. The summed E-state index contributed by atoms with van der Waals surface area (Å²) < 4.78 is 12.4. The summed E-state index contributed by atoms with van der Waals surface area (Å²) in [5.41, 5.74) is 8.88. The molecule has 4 nitrogen and oxygen atoms in total. The van der Waals surface area contributed by atoms with Crippen LogP contribution in [0, 0.1) is 0 Å². The van der Waals surface area contributed by atoms with Gasteiger partial charge in [-0.25, -0.2) is 9.98 Å². The molecular weight excluding hydrogens is 516 g/mol. The lowest BCUT2D eigenvalue weighted by Gasteiger charge is -2.22. The summed E-state index contributed by atoms with van der Waals surface area (Å²) in [5.74, 6) is 0. The number of aliphatic imine (C=N–C) groups is 2. The van der Waals surface area contributed by atoms with E-state index >= 15 is 0 Å². The summed E-state index contributed by atoms with van der Waals surface area (Å²) in [4.78, 5) is 9.28. The molecule has 0 fully saturated rings. The van der Waals surface area contributed by atoms with Gasteiger partial charge in [-0.2, -0.15) is 0 Å². The van der Waals surface area contributed by atoms with Crippen LogP contribution in [0.3, 0.4) is 0 Å². The minimum atomic E-state index is -0.362. The Labute approximate surface area is 234 Å². The molecule has 3 heterocycles. The minimum absolute atomic E-state index is 0.194. The Hall–Kier alpha value is -4.93. The fourth-order valence-corrected chi connectivity index (χ4v) is 5.99. The Kier molecular flexibility index (Phi) is 5.06. The van der Waals surface area contributed by atoms with Gasteiger partial charge in [-0.3, -0.25) is 0 Å². The molecular formula is C35H21ClN2O2. The molecule has 0 spiro atoms. The number of fused-ring (bicyclic) bond motifs is 6. The van der Waals surface area contributed by atoms with Crippen LogP contribution in [0.15, 0.2) is 140 Å². The fraction of sp³-hybridized carbons (Fsp3) is 0.0286. The van der Waals surface area contributed by atoms with Crippen LogP contribution in [0.25, 0.3) is 55.0 Å². The number of para-hydroxylation sites is 3. The van der Waals surface area contributed by atoms with E-state index in [1.165, 1.54) is 0 Å². The molecule has 190 valence electrons. The molecule has 1 unspecified atom stereocenters. The van der Waals surface area contributed by atoms with Crippen molar-refractivity contribution in [3.8, 4) is 11.1 Å². The van der Waals surface area contributed by atoms with Gasteiger partial charge in [-0.05, 0) is 52.6 Å². The summed E-state index contributed by atoms with van der Waals surface area (Å²) in [6, 6.07) is 36.5. The molecule has 0 saturated carbocycles. The van der Waals surface area contributed by atoms with E-state index in [4.69, 9.17) is 20.4 Å². The molecule has 7 aromatic rings. The molecule has 5 aromatic carbocycles. The third-order valence-corrected chi connectivity index (χ3v) is 7.86. The largest absolute Gasteiger partial charge is 0.456 e. The molecule has 0 radical (unpaired) electrons. The third kappa shape index (κ3) is 3.47. The van der Waals surface area contributed by atoms with Gasteiger partial charge in [0.1, 0.15) is 28.4 Å². The Bertz CT molecular complexity index is 2200. The molecule has 0 aliphatic carbocycles. The van der Waals surface area contributed by atoms with Crippen molar-refractivity contribution in [1.29, 1.82) is 0 Å². The second kappa shape index (κ2) is 8.80. The van der Waals surface area contributed by atoms with E-state index < -0.39 is 0 Å². The first-order chi connectivity index (χ1) is 19.7. The van der Waals surface area contributed by atoms with E-state index in [0.29, 0.717) is 5.71 Å². The van der Waals surface area contributed by atoms with Crippen molar-refractivity contribution in [2.45, 2.75) is 6.04 Å². The third-order valence-electron chi connectivity index (χ3n) is 7.67. The Balaban J connectivity index is 1.19. The van der Waals surface area contributed by atoms with Crippen LogP contribution in [0.1, 0.15) is 17.2 Å². The van der Waals surface area contributed by atoms with Gasteiger partial charge in [-0.1, -0.05) is 91.5 Å². The van der Waals surface area contributed by atoms with Crippen molar-refractivity contribution in [2.75, 3.05) is 0 Å². The minimum Gasteiger partial charge on any atom is -0.456 e. The summed E-state index contributed by atoms with van der Waals surface area (Å²) >= 11 is 6.52. The second-order valence-corrected chi connectivity index (χ2v) is 10.3. The Morgan fingerprint density at radius 1 is 0.625 bits per heavy atom. The first kappa shape index (κ1) is 23.0.